The molecule has 2 aromatic carbocycles. The van der Waals surface area contributed by atoms with Gasteiger partial charge in [0, 0.05) is 24.4 Å². The average Bonchev–Trinajstić information content (AvgIpc) is 2.88. The zero-order chi connectivity index (χ0) is 23.9. The first kappa shape index (κ1) is 23.1. The summed E-state index contributed by atoms with van der Waals surface area (Å²) in [6.45, 7) is 4.36. The molecule has 6 nitrogen and oxygen atoms in total. The van der Waals surface area contributed by atoms with Crippen molar-refractivity contribution in [2.24, 2.45) is 0 Å². The molecular formula is C28H27N5O. The lowest BCUT2D eigenvalue weighted by Gasteiger charge is -2.15. The van der Waals surface area contributed by atoms with Crippen molar-refractivity contribution in [2.45, 2.75) is 46.1 Å². The molecule has 0 N–H and O–H groups in total. The summed E-state index contributed by atoms with van der Waals surface area (Å²) in [6, 6.07) is 17.9. The van der Waals surface area contributed by atoms with Crippen LogP contribution in [0.2, 0.25) is 0 Å². The maximum Gasteiger partial charge on any atom is 0.257 e. The smallest absolute Gasteiger partial charge is 0.257 e. The Bertz CT molecular complexity index is 1370. The van der Waals surface area contributed by atoms with E-state index in [2.05, 4.69) is 23.0 Å². The van der Waals surface area contributed by atoms with Crippen LogP contribution in [0.5, 0.6) is 0 Å². The van der Waals surface area contributed by atoms with Gasteiger partial charge in [-0.3, -0.25) is 19.3 Å². The maximum absolute atomic E-state index is 13.6. The van der Waals surface area contributed by atoms with E-state index in [1.54, 1.807) is 23.2 Å². The van der Waals surface area contributed by atoms with Gasteiger partial charge in [0.05, 0.1) is 35.8 Å². The number of aryl methyl sites for hydroxylation is 2. The van der Waals surface area contributed by atoms with Gasteiger partial charge in [-0.15, -0.1) is 0 Å². The molecule has 4 rings (SSSR count). The van der Waals surface area contributed by atoms with Crippen LogP contribution in [0, 0.1) is 18.3 Å². The van der Waals surface area contributed by atoms with Gasteiger partial charge >= 0.3 is 0 Å². The van der Waals surface area contributed by atoms with Crippen LogP contribution in [0.25, 0.3) is 11.1 Å². The van der Waals surface area contributed by atoms with Gasteiger partial charge in [0.25, 0.3) is 5.56 Å². The minimum atomic E-state index is -0.0249. The molecule has 4 aromatic rings. The summed E-state index contributed by atoms with van der Waals surface area (Å²) in [6.07, 6.45) is 8.23. The number of benzene rings is 2. The molecule has 0 aliphatic carbocycles. The summed E-state index contributed by atoms with van der Waals surface area (Å²) in [7, 11) is 0. The molecule has 0 fully saturated rings. The highest BCUT2D eigenvalue weighted by molar-refractivity contribution is 5.70. The van der Waals surface area contributed by atoms with Gasteiger partial charge in [0.1, 0.15) is 5.82 Å². The molecule has 0 saturated carbocycles. The van der Waals surface area contributed by atoms with Crippen LogP contribution in [0.3, 0.4) is 0 Å². The van der Waals surface area contributed by atoms with Crippen LogP contribution in [0.4, 0.5) is 0 Å². The van der Waals surface area contributed by atoms with E-state index in [4.69, 9.17) is 4.98 Å². The van der Waals surface area contributed by atoms with Crippen molar-refractivity contribution in [3.63, 3.8) is 0 Å². The zero-order valence-corrected chi connectivity index (χ0v) is 19.5. The molecule has 0 aliphatic rings. The van der Waals surface area contributed by atoms with E-state index in [0.717, 1.165) is 52.9 Å². The summed E-state index contributed by atoms with van der Waals surface area (Å²) in [5.74, 6) is 0.689. The van der Waals surface area contributed by atoms with Gasteiger partial charge in [0.2, 0.25) is 0 Å². The number of hydrogen-bond donors (Lipinski definition) is 0. The van der Waals surface area contributed by atoms with Gasteiger partial charge < -0.3 is 0 Å². The predicted molar refractivity (Wildman–Crippen MR) is 132 cm³/mol. The number of aromatic nitrogens is 4. The van der Waals surface area contributed by atoms with Crippen LogP contribution >= 0.6 is 0 Å². The Morgan fingerprint density at radius 3 is 2.56 bits per heavy atom. The van der Waals surface area contributed by atoms with Gasteiger partial charge in [-0.25, -0.2) is 4.98 Å². The molecule has 2 aromatic heterocycles. The minimum Gasteiger partial charge on any atom is -0.291 e. The summed E-state index contributed by atoms with van der Waals surface area (Å²) in [4.78, 5) is 26.9. The van der Waals surface area contributed by atoms with Crippen LogP contribution in [-0.2, 0) is 19.4 Å². The second kappa shape index (κ2) is 10.7. The molecular weight excluding hydrogens is 422 g/mol. The van der Waals surface area contributed by atoms with E-state index in [-0.39, 0.29) is 5.56 Å². The van der Waals surface area contributed by atoms with E-state index in [1.165, 1.54) is 0 Å². The van der Waals surface area contributed by atoms with E-state index in [9.17, 15) is 10.1 Å². The molecule has 6 heteroatoms. The van der Waals surface area contributed by atoms with Gasteiger partial charge in [-0.05, 0) is 42.5 Å². The summed E-state index contributed by atoms with van der Waals surface area (Å²) >= 11 is 0. The van der Waals surface area contributed by atoms with Crippen molar-refractivity contribution in [1.29, 1.82) is 5.26 Å². The van der Waals surface area contributed by atoms with E-state index < -0.39 is 0 Å². The zero-order valence-electron chi connectivity index (χ0n) is 19.5. The maximum atomic E-state index is 13.6. The molecule has 0 bridgehead atoms. The number of unbranched alkanes of at least 4 members (excludes halogenated alkanes) is 1. The van der Waals surface area contributed by atoms with Crippen molar-refractivity contribution in [3.05, 3.63) is 111 Å². The standard InChI is InChI=1S/C28H27N5O/c1-3-4-9-27-26(28(34)33(20(2)32-27)19-24-18-30-14-15-31-24)16-21-10-12-22(13-11-21)25-8-6-5-7-23(25)17-29/h5-8,10-15,18H,3-4,9,16,19H2,1-2H3. The lowest BCUT2D eigenvalue weighted by Crippen LogP contribution is -2.30. The Labute approximate surface area is 199 Å². The van der Waals surface area contributed by atoms with Crippen LogP contribution in [0.15, 0.2) is 71.9 Å². The predicted octanol–water partition coefficient (Wildman–Crippen LogP) is 4.86. The summed E-state index contributed by atoms with van der Waals surface area (Å²) in [5, 5.41) is 9.41. The third-order valence-electron chi connectivity index (χ3n) is 5.94. The van der Waals surface area contributed by atoms with E-state index >= 15 is 0 Å². The Kier molecular flexibility index (Phi) is 7.24. The normalized spacial score (nSPS) is 10.7. The third kappa shape index (κ3) is 5.10. The largest absolute Gasteiger partial charge is 0.291 e. The fourth-order valence-corrected chi connectivity index (χ4v) is 4.08. The first-order valence-electron chi connectivity index (χ1n) is 11.5. The second-order valence-corrected chi connectivity index (χ2v) is 8.31. The van der Waals surface area contributed by atoms with Gasteiger partial charge in [-0.2, -0.15) is 5.26 Å². The molecule has 34 heavy (non-hydrogen) atoms. The number of nitrogens with zero attached hydrogens (tertiary/aromatic N) is 5. The first-order chi connectivity index (χ1) is 16.6. The minimum absolute atomic E-state index is 0.0249. The van der Waals surface area contributed by atoms with Gasteiger partial charge in [-0.1, -0.05) is 55.8 Å². The van der Waals surface area contributed by atoms with Gasteiger partial charge in [0.15, 0.2) is 0 Å². The first-order valence-corrected chi connectivity index (χ1v) is 11.5. The Balaban J connectivity index is 1.69. The van der Waals surface area contributed by atoms with Crippen molar-refractivity contribution >= 4 is 0 Å². The van der Waals surface area contributed by atoms with Crippen LogP contribution in [0.1, 0.15) is 53.7 Å². The third-order valence-corrected chi connectivity index (χ3v) is 5.94. The average molecular weight is 450 g/mol. The van der Waals surface area contributed by atoms with Crippen molar-refractivity contribution < 1.29 is 0 Å². The number of hydrogen-bond acceptors (Lipinski definition) is 5. The lowest BCUT2D eigenvalue weighted by molar-refractivity contribution is 0.651. The molecule has 0 unspecified atom stereocenters. The highest BCUT2D eigenvalue weighted by Crippen LogP contribution is 2.24. The highest BCUT2D eigenvalue weighted by atomic mass is 16.1. The molecule has 0 amide bonds. The highest BCUT2D eigenvalue weighted by Gasteiger charge is 2.16. The second-order valence-electron chi connectivity index (χ2n) is 8.31. The fourth-order valence-electron chi connectivity index (χ4n) is 4.08. The topological polar surface area (TPSA) is 84.5 Å². The fraction of sp³-hybridized carbons (Fsp3) is 0.250. The van der Waals surface area contributed by atoms with Crippen molar-refractivity contribution in [3.8, 4) is 17.2 Å². The molecule has 0 saturated heterocycles. The van der Waals surface area contributed by atoms with Crippen molar-refractivity contribution in [2.75, 3.05) is 0 Å². The summed E-state index contributed by atoms with van der Waals surface area (Å²) in [5.41, 5.74) is 5.87. The van der Waals surface area contributed by atoms with Crippen molar-refractivity contribution in [1.82, 2.24) is 19.5 Å². The Morgan fingerprint density at radius 1 is 1.06 bits per heavy atom. The Hall–Kier alpha value is -4.11. The molecule has 0 aliphatic heterocycles. The lowest BCUT2D eigenvalue weighted by atomic mass is 9.97. The van der Waals surface area contributed by atoms with E-state index in [0.29, 0.717) is 24.4 Å². The molecule has 0 spiro atoms. The van der Waals surface area contributed by atoms with Crippen LogP contribution in [-0.4, -0.2) is 19.5 Å². The number of rotatable bonds is 8. The monoisotopic (exact) mass is 449 g/mol. The molecule has 2 heterocycles. The molecule has 170 valence electrons. The number of nitriles is 1. The Morgan fingerprint density at radius 2 is 1.85 bits per heavy atom. The SMILES string of the molecule is CCCCc1nc(C)n(Cc2cnccn2)c(=O)c1Cc1ccc(-c2ccccc2C#N)cc1. The molecule has 0 atom stereocenters. The van der Waals surface area contributed by atoms with E-state index in [1.807, 2.05) is 55.5 Å². The molecule has 0 radical (unpaired) electrons. The quantitative estimate of drug-likeness (QED) is 0.383. The summed E-state index contributed by atoms with van der Waals surface area (Å²) < 4.78 is 1.69. The van der Waals surface area contributed by atoms with Crippen LogP contribution < -0.4 is 5.56 Å².